The minimum absolute atomic E-state index is 0.00694. The molecule has 0 saturated heterocycles. The molecule has 1 amide bonds. The molecule has 1 aliphatic rings. The Labute approximate surface area is 170 Å². The number of aromatic nitrogens is 1. The highest BCUT2D eigenvalue weighted by molar-refractivity contribution is 6.08. The Morgan fingerprint density at radius 3 is 2.66 bits per heavy atom. The molecule has 0 radical (unpaired) electrons. The minimum atomic E-state index is -0.0890. The largest absolute Gasteiger partial charge is 0.493 e. The van der Waals surface area contributed by atoms with Gasteiger partial charge in [0.05, 0.1) is 19.8 Å². The van der Waals surface area contributed by atoms with Crippen LogP contribution in [0.4, 0.5) is 5.69 Å². The van der Waals surface area contributed by atoms with Crippen molar-refractivity contribution in [3.05, 3.63) is 83.7 Å². The van der Waals surface area contributed by atoms with Crippen LogP contribution < -0.4 is 14.4 Å². The molecule has 0 aliphatic carbocycles. The lowest BCUT2D eigenvalue weighted by atomic mass is 10.1. The van der Waals surface area contributed by atoms with E-state index in [1.165, 1.54) is 5.56 Å². The molecule has 0 saturated carbocycles. The van der Waals surface area contributed by atoms with Crippen LogP contribution in [-0.4, -0.2) is 24.1 Å². The van der Waals surface area contributed by atoms with Gasteiger partial charge in [-0.3, -0.25) is 9.78 Å². The number of carbonyl (C=O) groups excluding carboxylic acids is 1. The van der Waals surface area contributed by atoms with E-state index in [4.69, 9.17) is 9.47 Å². The maximum absolute atomic E-state index is 12.7. The zero-order chi connectivity index (χ0) is 20.2. The molecule has 0 bridgehead atoms. The lowest BCUT2D eigenvalue weighted by Gasteiger charge is -2.21. The Bertz CT molecular complexity index is 1000. The summed E-state index contributed by atoms with van der Waals surface area (Å²) in [7, 11) is 1.62. The van der Waals surface area contributed by atoms with Crippen molar-refractivity contribution in [2.75, 3.05) is 12.0 Å². The van der Waals surface area contributed by atoms with Crippen LogP contribution in [0.3, 0.4) is 0 Å². The molecule has 5 nitrogen and oxygen atoms in total. The number of ether oxygens (including phenoxy) is 2. The van der Waals surface area contributed by atoms with Crippen LogP contribution >= 0.6 is 0 Å². The maximum atomic E-state index is 12.7. The number of anilines is 1. The van der Waals surface area contributed by atoms with Crippen LogP contribution in [0, 0.1) is 0 Å². The summed E-state index contributed by atoms with van der Waals surface area (Å²) in [6.45, 7) is 2.56. The van der Waals surface area contributed by atoms with Crippen LogP contribution in [0.25, 0.3) is 0 Å². The topological polar surface area (TPSA) is 51.7 Å². The average molecular weight is 388 g/mol. The van der Waals surface area contributed by atoms with Crippen LogP contribution in [0.2, 0.25) is 0 Å². The van der Waals surface area contributed by atoms with Gasteiger partial charge in [-0.15, -0.1) is 0 Å². The van der Waals surface area contributed by atoms with E-state index >= 15 is 0 Å². The second kappa shape index (κ2) is 8.35. The number of nitrogens with zero attached hydrogens (tertiary/aromatic N) is 2. The molecular weight excluding hydrogens is 364 g/mol. The smallest absolute Gasteiger partial charge is 0.277 e. The summed E-state index contributed by atoms with van der Waals surface area (Å²) in [5.74, 6) is 1.21. The molecule has 3 aromatic rings. The third-order valence-electron chi connectivity index (χ3n) is 5.14. The number of carbonyl (C=O) groups is 1. The summed E-state index contributed by atoms with van der Waals surface area (Å²) >= 11 is 0. The van der Waals surface area contributed by atoms with E-state index in [-0.39, 0.29) is 12.0 Å². The summed E-state index contributed by atoms with van der Waals surface area (Å²) < 4.78 is 11.7. The number of benzene rings is 2. The van der Waals surface area contributed by atoms with Crippen LogP contribution in [-0.2, 0) is 13.0 Å². The summed E-state index contributed by atoms with van der Waals surface area (Å²) in [4.78, 5) is 18.7. The zero-order valence-electron chi connectivity index (χ0n) is 16.7. The predicted octanol–water partition coefficient (Wildman–Crippen LogP) is 4.65. The summed E-state index contributed by atoms with van der Waals surface area (Å²) in [5, 5.41) is 0. The second-order valence-corrected chi connectivity index (χ2v) is 7.19. The number of rotatable bonds is 7. The first-order valence-electron chi connectivity index (χ1n) is 9.80. The van der Waals surface area contributed by atoms with Crippen LogP contribution in [0.1, 0.15) is 35.0 Å². The molecule has 0 fully saturated rings. The van der Waals surface area contributed by atoms with Gasteiger partial charge in [0, 0.05) is 23.5 Å². The Balaban J connectivity index is 1.49. The first-order chi connectivity index (χ1) is 14.2. The van der Waals surface area contributed by atoms with Crippen molar-refractivity contribution < 1.29 is 14.3 Å². The Morgan fingerprint density at radius 1 is 1.07 bits per heavy atom. The van der Waals surface area contributed by atoms with Crippen molar-refractivity contribution >= 4 is 11.6 Å². The lowest BCUT2D eigenvalue weighted by Crippen LogP contribution is -2.23. The van der Waals surface area contributed by atoms with E-state index in [0.29, 0.717) is 23.7 Å². The van der Waals surface area contributed by atoms with E-state index in [0.717, 1.165) is 24.1 Å². The molecule has 1 aliphatic heterocycles. The average Bonchev–Trinajstić information content (AvgIpc) is 3.10. The SMILES string of the molecule is COc1ccc(N2Cc3cccnc3C2=O)cc1OC(C)CCc1ccccc1. The van der Waals surface area contributed by atoms with E-state index < -0.39 is 0 Å². The molecule has 148 valence electrons. The van der Waals surface area contributed by atoms with Gasteiger partial charge < -0.3 is 14.4 Å². The molecule has 4 rings (SSSR count). The molecule has 5 heteroatoms. The third kappa shape index (κ3) is 4.09. The number of hydrogen-bond donors (Lipinski definition) is 0. The Kier molecular flexibility index (Phi) is 5.47. The molecule has 0 N–H and O–H groups in total. The molecule has 2 aromatic carbocycles. The molecule has 1 unspecified atom stereocenters. The number of hydrogen-bond acceptors (Lipinski definition) is 4. The highest BCUT2D eigenvalue weighted by Gasteiger charge is 2.30. The first-order valence-corrected chi connectivity index (χ1v) is 9.80. The van der Waals surface area contributed by atoms with E-state index in [1.807, 2.05) is 48.5 Å². The molecule has 0 spiro atoms. The van der Waals surface area contributed by atoms with Gasteiger partial charge in [-0.1, -0.05) is 36.4 Å². The first kappa shape index (κ1) is 19.0. The molecule has 1 aromatic heterocycles. The Morgan fingerprint density at radius 2 is 1.90 bits per heavy atom. The predicted molar refractivity (Wildman–Crippen MR) is 113 cm³/mol. The van der Waals surface area contributed by atoms with Gasteiger partial charge in [-0.2, -0.15) is 0 Å². The van der Waals surface area contributed by atoms with Crippen molar-refractivity contribution in [1.82, 2.24) is 4.98 Å². The maximum Gasteiger partial charge on any atom is 0.277 e. The zero-order valence-corrected chi connectivity index (χ0v) is 16.7. The third-order valence-corrected chi connectivity index (χ3v) is 5.14. The Hall–Kier alpha value is -3.34. The van der Waals surface area contributed by atoms with Crippen molar-refractivity contribution in [2.24, 2.45) is 0 Å². The van der Waals surface area contributed by atoms with Crippen molar-refractivity contribution in [3.8, 4) is 11.5 Å². The van der Waals surface area contributed by atoms with Gasteiger partial charge >= 0.3 is 0 Å². The summed E-state index contributed by atoms with van der Waals surface area (Å²) in [5.41, 5.74) is 3.52. The van der Waals surface area contributed by atoms with Gasteiger partial charge in [0.1, 0.15) is 5.69 Å². The lowest BCUT2D eigenvalue weighted by molar-refractivity contribution is 0.0992. The van der Waals surface area contributed by atoms with Gasteiger partial charge in [-0.05, 0) is 43.5 Å². The summed E-state index contributed by atoms with van der Waals surface area (Å²) in [6, 6.07) is 19.8. The fraction of sp³-hybridized carbons (Fsp3) is 0.250. The fourth-order valence-corrected chi connectivity index (χ4v) is 3.55. The van der Waals surface area contributed by atoms with Crippen molar-refractivity contribution in [2.45, 2.75) is 32.4 Å². The van der Waals surface area contributed by atoms with Gasteiger partial charge in [0.15, 0.2) is 11.5 Å². The molecule has 29 heavy (non-hydrogen) atoms. The standard InChI is InChI=1S/C24H24N2O3/c1-17(10-11-18-7-4-3-5-8-18)29-22-15-20(12-13-21(22)28-2)26-16-19-9-6-14-25-23(19)24(26)27/h3-9,12-15,17H,10-11,16H2,1-2H3. The number of aryl methyl sites for hydroxylation is 1. The van der Waals surface area contributed by atoms with Crippen molar-refractivity contribution in [3.63, 3.8) is 0 Å². The normalized spacial score (nSPS) is 13.9. The van der Waals surface area contributed by atoms with Gasteiger partial charge in [0.2, 0.25) is 0 Å². The number of amides is 1. The second-order valence-electron chi connectivity index (χ2n) is 7.19. The molecular formula is C24H24N2O3. The fourth-order valence-electron chi connectivity index (χ4n) is 3.55. The minimum Gasteiger partial charge on any atom is -0.493 e. The number of pyridine rings is 1. The van der Waals surface area contributed by atoms with Gasteiger partial charge in [-0.25, -0.2) is 0 Å². The monoisotopic (exact) mass is 388 g/mol. The van der Waals surface area contributed by atoms with Crippen LogP contribution in [0.5, 0.6) is 11.5 Å². The summed E-state index contributed by atoms with van der Waals surface area (Å²) in [6.07, 6.45) is 3.48. The van der Waals surface area contributed by atoms with Crippen LogP contribution in [0.15, 0.2) is 66.9 Å². The quantitative estimate of drug-likeness (QED) is 0.591. The van der Waals surface area contributed by atoms with E-state index in [1.54, 1.807) is 18.2 Å². The van der Waals surface area contributed by atoms with E-state index in [2.05, 4.69) is 24.0 Å². The highest BCUT2D eigenvalue weighted by Crippen LogP contribution is 2.35. The van der Waals surface area contributed by atoms with E-state index in [9.17, 15) is 4.79 Å². The van der Waals surface area contributed by atoms with Crippen molar-refractivity contribution in [1.29, 1.82) is 0 Å². The number of fused-ring (bicyclic) bond motifs is 1. The molecule has 1 atom stereocenters. The van der Waals surface area contributed by atoms with Gasteiger partial charge in [0.25, 0.3) is 5.91 Å². The highest BCUT2D eigenvalue weighted by atomic mass is 16.5. The number of methoxy groups -OCH3 is 1. The molecule has 2 heterocycles.